The van der Waals surface area contributed by atoms with Gasteiger partial charge in [-0.15, -0.1) is 11.3 Å². The lowest BCUT2D eigenvalue weighted by atomic mass is 10.1. The van der Waals surface area contributed by atoms with Crippen LogP contribution in [0.3, 0.4) is 0 Å². The Bertz CT molecular complexity index is 1230. The maximum atomic E-state index is 12.1. The summed E-state index contributed by atoms with van der Waals surface area (Å²) in [5, 5.41) is 3.51. The fraction of sp³-hybridized carbons (Fsp3) is 0.280. The lowest BCUT2D eigenvalue weighted by molar-refractivity contribution is -0.119. The van der Waals surface area contributed by atoms with Crippen molar-refractivity contribution in [3.05, 3.63) is 80.8 Å². The van der Waals surface area contributed by atoms with Crippen LogP contribution in [0.15, 0.2) is 54.6 Å². The van der Waals surface area contributed by atoms with Crippen LogP contribution < -0.4 is 10.2 Å². The summed E-state index contributed by atoms with van der Waals surface area (Å²) in [5.41, 5.74) is 5.44. The maximum Gasteiger partial charge on any atom is 0.226 e. The van der Waals surface area contributed by atoms with Crippen molar-refractivity contribution >= 4 is 45.6 Å². The number of carbonyl (C=O) groups is 1. The van der Waals surface area contributed by atoms with Crippen molar-refractivity contribution in [2.75, 3.05) is 11.4 Å². The van der Waals surface area contributed by atoms with Crippen molar-refractivity contribution in [2.24, 2.45) is 0 Å². The molecule has 1 amide bonds. The molecule has 5 nitrogen and oxygen atoms in total. The van der Waals surface area contributed by atoms with Gasteiger partial charge in [-0.05, 0) is 60.4 Å². The minimum absolute atomic E-state index is 0.234. The molecule has 2 aromatic heterocycles. The van der Waals surface area contributed by atoms with E-state index in [0.717, 1.165) is 65.8 Å². The van der Waals surface area contributed by atoms with Gasteiger partial charge in [0, 0.05) is 43.0 Å². The molecule has 0 spiro atoms. The first-order chi connectivity index (χ1) is 15.6. The quantitative estimate of drug-likeness (QED) is 0.370. The molecule has 0 unspecified atom stereocenters. The Morgan fingerprint density at radius 3 is 2.62 bits per heavy atom. The van der Waals surface area contributed by atoms with Crippen LogP contribution in [0.25, 0.3) is 11.0 Å². The number of carbonyl (C=O) groups excluding carboxylic acids is 1. The van der Waals surface area contributed by atoms with E-state index in [-0.39, 0.29) is 5.91 Å². The van der Waals surface area contributed by atoms with Crippen molar-refractivity contribution < 1.29 is 4.79 Å². The Morgan fingerprint density at radius 2 is 1.84 bits per heavy atom. The standard InChI is InChI=1S/C25H25ClN4OS/c26-23-11-9-20(32-23)14-24-28-21-10-6-18(13-22(21)29-24)16-27-15-17-4-7-19(8-5-17)30-12-2-1-3-25(30)31/h4-11,13,27H,1-3,12,14-16H2,(H,28,29). The topological polar surface area (TPSA) is 61.0 Å². The molecule has 0 aliphatic carbocycles. The molecule has 1 aliphatic heterocycles. The number of amides is 1. The van der Waals surface area contributed by atoms with Gasteiger partial charge in [-0.2, -0.15) is 0 Å². The highest BCUT2D eigenvalue weighted by molar-refractivity contribution is 7.16. The summed E-state index contributed by atoms with van der Waals surface area (Å²) < 4.78 is 0.805. The van der Waals surface area contributed by atoms with Gasteiger partial charge in [0.2, 0.25) is 5.91 Å². The summed E-state index contributed by atoms with van der Waals surface area (Å²) in [4.78, 5) is 23.4. The summed E-state index contributed by atoms with van der Waals surface area (Å²) >= 11 is 7.62. The Kier molecular flexibility index (Phi) is 6.26. The van der Waals surface area contributed by atoms with E-state index in [1.165, 1.54) is 16.0 Å². The van der Waals surface area contributed by atoms with Gasteiger partial charge in [0.05, 0.1) is 15.4 Å². The van der Waals surface area contributed by atoms with Gasteiger partial charge >= 0.3 is 0 Å². The van der Waals surface area contributed by atoms with Crippen molar-refractivity contribution in [3.8, 4) is 0 Å². The molecule has 4 aromatic rings. The minimum Gasteiger partial charge on any atom is -0.342 e. The molecule has 1 aliphatic rings. The molecule has 164 valence electrons. The Balaban J connectivity index is 1.17. The van der Waals surface area contributed by atoms with E-state index in [1.54, 1.807) is 11.3 Å². The van der Waals surface area contributed by atoms with Crippen LogP contribution in [0.4, 0.5) is 5.69 Å². The number of hydrogen-bond acceptors (Lipinski definition) is 4. The van der Waals surface area contributed by atoms with E-state index in [1.807, 2.05) is 17.0 Å². The number of H-pyrrole nitrogens is 1. The smallest absolute Gasteiger partial charge is 0.226 e. The number of benzene rings is 2. The van der Waals surface area contributed by atoms with Crippen LogP contribution in [0.1, 0.15) is 41.1 Å². The van der Waals surface area contributed by atoms with Gasteiger partial charge < -0.3 is 15.2 Å². The highest BCUT2D eigenvalue weighted by atomic mass is 35.5. The fourth-order valence-electron chi connectivity index (χ4n) is 4.13. The largest absolute Gasteiger partial charge is 0.342 e. The van der Waals surface area contributed by atoms with E-state index < -0.39 is 0 Å². The third-order valence-corrected chi connectivity index (χ3v) is 7.03. The highest BCUT2D eigenvalue weighted by Crippen LogP contribution is 2.24. The SMILES string of the molecule is O=C1CCCCN1c1ccc(CNCc2ccc3[nH]c(Cc4ccc(Cl)s4)nc3c2)cc1. The van der Waals surface area contributed by atoms with E-state index >= 15 is 0 Å². The molecule has 0 bridgehead atoms. The van der Waals surface area contributed by atoms with Crippen LogP contribution in [-0.4, -0.2) is 22.4 Å². The summed E-state index contributed by atoms with van der Waals surface area (Å²) in [7, 11) is 0. The third kappa shape index (κ3) is 4.88. The van der Waals surface area contributed by atoms with Crippen molar-refractivity contribution in [2.45, 2.75) is 38.8 Å². The molecule has 1 saturated heterocycles. The first kappa shape index (κ1) is 21.2. The number of aromatic nitrogens is 2. The zero-order chi connectivity index (χ0) is 21.9. The maximum absolute atomic E-state index is 12.1. The summed E-state index contributed by atoms with van der Waals surface area (Å²) in [6, 6.07) is 18.6. The van der Waals surface area contributed by atoms with E-state index in [9.17, 15) is 4.79 Å². The second-order valence-corrected chi connectivity index (χ2v) is 9.99. The zero-order valence-electron chi connectivity index (χ0n) is 17.7. The molecular formula is C25H25ClN4OS. The van der Waals surface area contributed by atoms with Crippen molar-refractivity contribution in [3.63, 3.8) is 0 Å². The predicted octanol–water partition coefficient (Wildman–Crippen LogP) is 5.68. The van der Waals surface area contributed by atoms with Crippen molar-refractivity contribution in [1.29, 1.82) is 0 Å². The predicted molar refractivity (Wildman–Crippen MR) is 131 cm³/mol. The molecule has 7 heteroatoms. The molecule has 32 heavy (non-hydrogen) atoms. The number of rotatable bonds is 7. The Labute approximate surface area is 196 Å². The zero-order valence-corrected chi connectivity index (χ0v) is 19.3. The molecule has 0 atom stereocenters. The monoisotopic (exact) mass is 464 g/mol. The average molecular weight is 465 g/mol. The lowest BCUT2D eigenvalue weighted by Crippen LogP contribution is -2.35. The number of nitrogens with zero attached hydrogens (tertiary/aromatic N) is 2. The van der Waals surface area contributed by atoms with Gasteiger partial charge in [0.25, 0.3) is 0 Å². The van der Waals surface area contributed by atoms with Gasteiger partial charge in [0.15, 0.2) is 0 Å². The summed E-state index contributed by atoms with van der Waals surface area (Å²) in [6.07, 6.45) is 3.51. The summed E-state index contributed by atoms with van der Waals surface area (Å²) in [6.45, 7) is 2.37. The first-order valence-corrected chi connectivity index (χ1v) is 12.2. The van der Waals surface area contributed by atoms with E-state index in [4.69, 9.17) is 16.6 Å². The number of imidazole rings is 1. The number of hydrogen-bond donors (Lipinski definition) is 2. The van der Waals surface area contributed by atoms with Crippen LogP contribution in [0.2, 0.25) is 4.34 Å². The molecular weight excluding hydrogens is 440 g/mol. The number of piperidine rings is 1. The number of halogens is 1. The molecule has 3 heterocycles. The number of aromatic amines is 1. The summed E-state index contributed by atoms with van der Waals surface area (Å²) in [5.74, 6) is 1.19. The average Bonchev–Trinajstić information content (AvgIpc) is 3.39. The third-order valence-electron chi connectivity index (χ3n) is 5.80. The van der Waals surface area contributed by atoms with Gasteiger partial charge in [0.1, 0.15) is 5.82 Å². The number of nitrogens with one attached hydrogen (secondary N) is 2. The van der Waals surface area contributed by atoms with Crippen molar-refractivity contribution in [1.82, 2.24) is 15.3 Å². The number of anilines is 1. The Hall–Kier alpha value is -2.67. The molecule has 5 rings (SSSR count). The van der Waals surface area contributed by atoms with Crippen LogP contribution in [-0.2, 0) is 24.3 Å². The normalized spacial score (nSPS) is 14.4. The van der Waals surface area contributed by atoms with Crippen LogP contribution in [0, 0.1) is 0 Å². The fourth-order valence-corrected chi connectivity index (χ4v) is 5.23. The van der Waals surface area contributed by atoms with E-state index in [2.05, 4.69) is 52.8 Å². The first-order valence-electron chi connectivity index (χ1n) is 11.0. The van der Waals surface area contributed by atoms with Gasteiger partial charge in [-0.1, -0.05) is 29.8 Å². The number of thiophene rings is 1. The second kappa shape index (κ2) is 9.45. The molecule has 1 fully saturated rings. The Morgan fingerprint density at radius 1 is 1.03 bits per heavy atom. The lowest BCUT2D eigenvalue weighted by Gasteiger charge is -2.26. The highest BCUT2D eigenvalue weighted by Gasteiger charge is 2.19. The molecule has 0 saturated carbocycles. The molecule has 2 N–H and O–H groups in total. The number of fused-ring (bicyclic) bond motifs is 1. The molecule has 0 radical (unpaired) electrons. The van der Waals surface area contributed by atoms with Gasteiger partial charge in [-0.25, -0.2) is 4.98 Å². The van der Waals surface area contributed by atoms with E-state index in [0.29, 0.717) is 6.42 Å². The van der Waals surface area contributed by atoms with Crippen LogP contribution >= 0.6 is 22.9 Å². The van der Waals surface area contributed by atoms with Gasteiger partial charge in [-0.3, -0.25) is 4.79 Å². The molecule has 2 aromatic carbocycles. The minimum atomic E-state index is 0.234. The van der Waals surface area contributed by atoms with Crippen LogP contribution in [0.5, 0.6) is 0 Å². The second-order valence-electron chi connectivity index (χ2n) is 8.19.